The van der Waals surface area contributed by atoms with E-state index < -0.39 is 16.1 Å². The number of sulfonamides is 1. The first-order valence-electron chi connectivity index (χ1n) is 9.74. The molecule has 0 N–H and O–H groups in total. The molecule has 7 nitrogen and oxygen atoms in total. The van der Waals surface area contributed by atoms with Crippen molar-refractivity contribution in [3.63, 3.8) is 0 Å². The van der Waals surface area contributed by atoms with E-state index in [0.29, 0.717) is 18.1 Å². The van der Waals surface area contributed by atoms with Gasteiger partial charge in [0.2, 0.25) is 21.8 Å². The molecule has 2 saturated heterocycles. The van der Waals surface area contributed by atoms with Crippen LogP contribution in [0, 0.1) is 0 Å². The van der Waals surface area contributed by atoms with E-state index in [4.69, 9.17) is 11.6 Å². The lowest BCUT2D eigenvalue weighted by Gasteiger charge is -2.36. The van der Waals surface area contributed by atoms with E-state index in [0.717, 1.165) is 5.56 Å². The van der Waals surface area contributed by atoms with Crippen LogP contribution in [0.2, 0.25) is 5.02 Å². The van der Waals surface area contributed by atoms with Crippen molar-refractivity contribution in [2.75, 3.05) is 26.2 Å². The largest absolute Gasteiger partial charge is 0.289 e. The van der Waals surface area contributed by atoms with Gasteiger partial charge in [0.25, 0.3) is 0 Å². The van der Waals surface area contributed by atoms with Crippen LogP contribution in [-0.4, -0.2) is 66.6 Å². The first-order valence-corrected chi connectivity index (χ1v) is 11.6. The third kappa shape index (κ3) is 4.13. The second-order valence-corrected chi connectivity index (χ2v) is 9.79. The number of benzene rings is 2. The lowest BCUT2D eigenvalue weighted by molar-refractivity contribution is -0.140. The zero-order valence-corrected chi connectivity index (χ0v) is 17.8. The lowest BCUT2D eigenvalue weighted by Crippen LogP contribution is -2.53. The van der Waals surface area contributed by atoms with Crippen LogP contribution in [0.15, 0.2) is 59.5 Å². The third-order valence-corrected chi connectivity index (χ3v) is 7.73. The van der Waals surface area contributed by atoms with Crippen molar-refractivity contribution in [2.24, 2.45) is 0 Å². The van der Waals surface area contributed by atoms with Gasteiger partial charge in [-0.25, -0.2) is 8.42 Å². The molecule has 2 amide bonds. The second kappa shape index (κ2) is 8.47. The van der Waals surface area contributed by atoms with Gasteiger partial charge in [0.05, 0.1) is 23.9 Å². The van der Waals surface area contributed by atoms with E-state index in [2.05, 4.69) is 0 Å². The van der Waals surface area contributed by atoms with E-state index in [9.17, 15) is 18.0 Å². The van der Waals surface area contributed by atoms with E-state index in [-0.39, 0.29) is 42.8 Å². The molecule has 0 saturated carbocycles. The predicted molar refractivity (Wildman–Crippen MR) is 112 cm³/mol. The molecule has 9 heteroatoms. The molecule has 0 bridgehead atoms. The summed E-state index contributed by atoms with van der Waals surface area (Å²) in [4.78, 5) is 28.7. The summed E-state index contributed by atoms with van der Waals surface area (Å²) in [5, 5.41) is 0.475. The van der Waals surface area contributed by atoms with Crippen LogP contribution < -0.4 is 0 Å². The van der Waals surface area contributed by atoms with Crippen LogP contribution >= 0.6 is 11.6 Å². The smallest absolute Gasteiger partial charge is 0.247 e. The first-order chi connectivity index (χ1) is 14.4. The van der Waals surface area contributed by atoms with Gasteiger partial charge < -0.3 is 0 Å². The zero-order valence-electron chi connectivity index (χ0n) is 16.3. The molecule has 0 unspecified atom stereocenters. The summed E-state index contributed by atoms with van der Waals surface area (Å²) in [6.07, 6.45) is 0.135. The predicted octanol–water partition coefficient (Wildman–Crippen LogP) is 1.97. The molecule has 2 heterocycles. The second-order valence-electron chi connectivity index (χ2n) is 7.42. The van der Waals surface area contributed by atoms with Crippen LogP contribution in [0.25, 0.3) is 0 Å². The number of rotatable bonds is 5. The van der Waals surface area contributed by atoms with Gasteiger partial charge in [0.15, 0.2) is 0 Å². The van der Waals surface area contributed by atoms with Gasteiger partial charge >= 0.3 is 0 Å². The van der Waals surface area contributed by atoms with Crippen molar-refractivity contribution >= 4 is 33.4 Å². The number of carbonyl (C=O) groups is 2. The Balaban J connectivity index is 1.40. The van der Waals surface area contributed by atoms with Crippen molar-refractivity contribution in [2.45, 2.75) is 23.9 Å². The molecular formula is C21H22ClN3O4S. The van der Waals surface area contributed by atoms with E-state index in [1.807, 2.05) is 35.2 Å². The van der Waals surface area contributed by atoms with E-state index in [1.165, 1.54) is 21.3 Å². The van der Waals surface area contributed by atoms with Crippen molar-refractivity contribution in [3.05, 3.63) is 65.2 Å². The first kappa shape index (κ1) is 21.0. The molecule has 0 spiro atoms. The highest BCUT2D eigenvalue weighted by atomic mass is 35.5. The highest BCUT2D eigenvalue weighted by Crippen LogP contribution is 2.25. The number of hydrogen-bond acceptors (Lipinski definition) is 5. The minimum Gasteiger partial charge on any atom is -0.289 e. The molecule has 2 aliphatic heterocycles. The summed E-state index contributed by atoms with van der Waals surface area (Å²) in [5.41, 5.74) is 0.902. The summed E-state index contributed by atoms with van der Waals surface area (Å²) in [7, 11) is -3.62. The quantitative estimate of drug-likeness (QED) is 0.655. The Morgan fingerprint density at radius 3 is 2.17 bits per heavy atom. The fourth-order valence-electron chi connectivity index (χ4n) is 3.89. The van der Waals surface area contributed by atoms with Crippen LogP contribution in [0.4, 0.5) is 0 Å². The number of imide groups is 1. The summed E-state index contributed by atoms with van der Waals surface area (Å²) in [6.45, 7) is 1.59. The summed E-state index contributed by atoms with van der Waals surface area (Å²) in [5.74, 6) is -0.400. The molecule has 158 valence electrons. The molecule has 2 aliphatic rings. The average Bonchev–Trinajstić information content (AvgIpc) is 3.03. The molecule has 2 aromatic carbocycles. The van der Waals surface area contributed by atoms with E-state index in [1.54, 1.807) is 12.1 Å². The molecule has 0 radical (unpaired) electrons. The van der Waals surface area contributed by atoms with Crippen molar-refractivity contribution in [3.8, 4) is 0 Å². The molecule has 2 aromatic rings. The Bertz CT molecular complexity index is 1040. The van der Waals surface area contributed by atoms with Crippen molar-refractivity contribution < 1.29 is 18.0 Å². The molecule has 1 atom stereocenters. The zero-order chi connectivity index (χ0) is 21.3. The van der Waals surface area contributed by atoms with Crippen LogP contribution in [0.1, 0.15) is 12.0 Å². The lowest BCUT2D eigenvalue weighted by atomic mass is 10.2. The van der Waals surface area contributed by atoms with Crippen LogP contribution in [0.5, 0.6) is 0 Å². The van der Waals surface area contributed by atoms with Crippen molar-refractivity contribution in [1.29, 1.82) is 0 Å². The molecule has 0 aromatic heterocycles. The minimum atomic E-state index is -3.62. The van der Waals surface area contributed by atoms with Gasteiger partial charge in [-0.15, -0.1) is 0 Å². The van der Waals surface area contributed by atoms with Gasteiger partial charge in [0, 0.05) is 31.2 Å². The highest BCUT2D eigenvalue weighted by Gasteiger charge is 2.43. The molecule has 0 aliphatic carbocycles. The molecule has 2 fully saturated rings. The number of likely N-dealkylation sites (tertiary alicyclic amines) is 1. The monoisotopic (exact) mass is 447 g/mol. The minimum absolute atomic E-state index is 0.135. The summed E-state index contributed by atoms with van der Waals surface area (Å²) < 4.78 is 27.1. The van der Waals surface area contributed by atoms with Gasteiger partial charge in [0.1, 0.15) is 0 Å². The molecule has 30 heavy (non-hydrogen) atoms. The highest BCUT2D eigenvalue weighted by molar-refractivity contribution is 7.89. The Hall–Kier alpha value is -2.26. The average molecular weight is 448 g/mol. The fourth-order valence-corrected chi connectivity index (χ4v) is 5.44. The normalized spacial score (nSPS) is 21.4. The maximum Gasteiger partial charge on any atom is 0.247 e. The topological polar surface area (TPSA) is 78.0 Å². The Morgan fingerprint density at radius 2 is 1.53 bits per heavy atom. The number of hydrogen-bond donors (Lipinski definition) is 0. The Labute approximate surface area is 180 Å². The standard InChI is InChI=1S/C21H22ClN3O4S/c22-17-6-8-18(9-7-17)30(28,29)24-12-10-23(11-13-24)19-14-20(26)25(21(19)27)15-16-4-2-1-3-5-16/h1-9,19H,10-15H2/t19-/m1/s1. The maximum atomic E-state index is 12.9. The number of carbonyl (C=O) groups excluding carboxylic acids is 2. The van der Waals surface area contributed by atoms with Crippen LogP contribution in [0.3, 0.4) is 0 Å². The van der Waals surface area contributed by atoms with E-state index >= 15 is 0 Å². The number of halogens is 1. The van der Waals surface area contributed by atoms with Gasteiger partial charge in [-0.2, -0.15) is 4.31 Å². The molecule has 4 rings (SSSR count). The van der Waals surface area contributed by atoms with Gasteiger partial charge in [-0.1, -0.05) is 41.9 Å². The number of nitrogens with zero attached hydrogens (tertiary/aromatic N) is 3. The Kier molecular flexibility index (Phi) is 5.92. The fraction of sp³-hybridized carbons (Fsp3) is 0.333. The summed E-state index contributed by atoms with van der Waals surface area (Å²) >= 11 is 5.85. The van der Waals surface area contributed by atoms with Crippen molar-refractivity contribution in [1.82, 2.24) is 14.1 Å². The molecular weight excluding hydrogens is 426 g/mol. The van der Waals surface area contributed by atoms with Crippen LogP contribution in [-0.2, 0) is 26.2 Å². The Morgan fingerprint density at radius 1 is 0.900 bits per heavy atom. The maximum absolute atomic E-state index is 12.9. The third-order valence-electron chi connectivity index (χ3n) is 5.57. The van der Waals surface area contributed by atoms with Gasteiger partial charge in [-0.05, 0) is 29.8 Å². The summed E-state index contributed by atoms with van der Waals surface area (Å²) in [6, 6.07) is 15.0. The van der Waals surface area contributed by atoms with Gasteiger partial charge in [-0.3, -0.25) is 19.4 Å². The SMILES string of the molecule is O=C1C[C@@H](N2CCN(S(=O)(=O)c3ccc(Cl)cc3)CC2)C(=O)N1Cc1ccccc1. The number of amides is 2. The number of piperazine rings is 1.